The van der Waals surface area contributed by atoms with Crippen molar-refractivity contribution in [3.05, 3.63) is 41.2 Å². The third-order valence-electron chi connectivity index (χ3n) is 8.30. The van der Waals surface area contributed by atoms with E-state index >= 15 is 0 Å². The molecule has 2 saturated carbocycles. The minimum atomic E-state index is -0.658. The van der Waals surface area contributed by atoms with Gasteiger partial charge in [0.15, 0.2) is 5.69 Å². The van der Waals surface area contributed by atoms with Crippen molar-refractivity contribution in [2.45, 2.75) is 64.1 Å². The summed E-state index contributed by atoms with van der Waals surface area (Å²) >= 11 is 0. The number of fused-ring (bicyclic) bond motifs is 3. The van der Waals surface area contributed by atoms with Gasteiger partial charge in [-0.1, -0.05) is 17.7 Å². The molecule has 2 bridgehead atoms. The first-order valence-electron chi connectivity index (χ1n) is 12.4. The lowest BCUT2D eigenvalue weighted by molar-refractivity contribution is -0.136. The standard InChI is InChI=1S/C25H28N6O4/c1-13(18-9-14-2-3-15(18)8-14)26-23(33)20-12-31(29-28-20)17-5-4-16-11-30(25(35)19(16)10-17)21-6-7-22(32)27-24(21)34/h4-5,10,12-15,18,21H,2-3,6-9,11H2,1H3,(H,26,33)(H,27,32,34). The summed E-state index contributed by atoms with van der Waals surface area (Å²) in [4.78, 5) is 51.1. The monoisotopic (exact) mass is 476 g/mol. The Morgan fingerprint density at radius 3 is 2.77 bits per heavy atom. The Balaban J connectivity index is 1.15. The normalized spacial score (nSPS) is 28.3. The van der Waals surface area contributed by atoms with Gasteiger partial charge in [0.25, 0.3) is 11.8 Å². The van der Waals surface area contributed by atoms with Gasteiger partial charge >= 0.3 is 0 Å². The molecule has 3 heterocycles. The fraction of sp³-hybridized carbons (Fsp3) is 0.520. The van der Waals surface area contributed by atoms with Crippen molar-refractivity contribution in [1.29, 1.82) is 0 Å². The van der Waals surface area contributed by atoms with Gasteiger partial charge in [0.05, 0.1) is 11.9 Å². The van der Waals surface area contributed by atoms with Crippen LogP contribution in [-0.2, 0) is 16.1 Å². The lowest BCUT2D eigenvalue weighted by atomic mass is 9.84. The zero-order chi connectivity index (χ0) is 24.3. The van der Waals surface area contributed by atoms with E-state index in [4.69, 9.17) is 0 Å². The van der Waals surface area contributed by atoms with Gasteiger partial charge in [-0.15, -0.1) is 5.10 Å². The zero-order valence-electron chi connectivity index (χ0n) is 19.6. The minimum absolute atomic E-state index is 0.0961. The number of imide groups is 1. The molecule has 10 heteroatoms. The maximum atomic E-state index is 13.1. The predicted octanol–water partition coefficient (Wildman–Crippen LogP) is 1.58. The lowest BCUT2D eigenvalue weighted by Gasteiger charge is -2.29. The van der Waals surface area contributed by atoms with Crippen LogP contribution in [0.25, 0.3) is 5.69 Å². The molecule has 5 unspecified atom stereocenters. The van der Waals surface area contributed by atoms with E-state index in [1.807, 2.05) is 12.1 Å². The van der Waals surface area contributed by atoms with E-state index < -0.39 is 11.9 Å². The molecule has 2 aliphatic carbocycles. The molecule has 4 aliphatic rings. The molecule has 10 nitrogen and oxygen atoms in total. The molecule has 5 atom stereocenters. The number of nitrogens with one attached hydrogen (secondary N) is 2. The summed E-state index contributed by atoms with van der Waals surface area (Å²) in [6.07, 6.45) is 7.18. The molecule has 4 amide bonds. The summed E-state index contributed by atoms with van der Waals surface area (Å²) in [5, 5.41) is 13.6. The largest absolute Gasteiger partial charge is 0.348 e. The number of benzene rings is 1. The van der Waals surface area contributed by atoms with Crippen molar-refractivity contribution < 1.29 is 19.2 Å². The summed E-state index contributed by atoms with van der Waals surface area (Å²) < 4.78 is 1.49. The second-order valence-corrected chi connectivity index (χ2v) is 10.4. The average molecular weight is 477 g/mol. The summed E-state index contributed by atoms with van der Waals surface area (Å²) in [5.74, 6) is 0.820. The third-order valence-corrected chi connectivity index (χ3v) is 8.30. The van der Waals surface area contributed by atoms with Crippen molar-refractivity contribution >= 4 is 23.6 Å². The van der Waals surface area contributed by atoms with Gasteiger partial charge in [-0.2, -0.15) is 0 Å². The van der Waals surface area contributed by atoms with Crippen LogP contribution in [-0.4, -0.2) is 55.6 Å². The van der Waals surface area contributed by atoms with Crippen LogP contribution in [0.15, 0.2) is 24.4 Å². The van der Waals surface area contributed by atoms with Gasteiger partial charge in [0, 0.05) is 24.6 Å². The van der Waals surface area contributed by atoms with Crippen LogP contribution in [0.5, 0.6) is 0 Å². The molecule has 2 aromatic rings. The van der Waals surface area contributed by atoms with E-state index in [2.05, 4.69) is 27.9 Å². The number of hydrogen-bond acceptors (Lipinski definition) is 6. The maximum absolute atomic E-state index is 13.1. The highest BCUT2D eigenvalue weighted by Crippen LogP contribution is 2.49. The van der Waals surface area contributed by atoms with Crippen LogP contribution in [0.1, 0.15) is 71.9 Å². The van der Waals surface area contributed by atoms with Crippen LogP contribution in [0.2, 0.25) is 0 Å². The number of piperidine rings is 1. The van der Waals surface area contributed by atoms with Crippen molar-refractivity contribution in [3.8, 4) is 5.69 Å². The Bertz CT molecular complexity index is 1240. The fourth-order valence-corrected chi connectivity index (χ4v) is 6.47. The zero-order valence-corrected chi connectivity index (χ0v) is 19.6. The highest BCUT2D eigenvalue weighted by molar-refractivity contribution is 6.05. The quantitative estimate of drug-likeness (QED) is 0.631. The number of carbonyl (C=O) groups is 4. The van der Waals surface area contributed by atoms with Gasteiger partial charge in [-0.3, -0.25) is 24.5 Å². The van der Waals surface area contributed by atoms with Crippen molar-refractivity contribution in [1.82, 2.24) is 30.5 Å². The molecule has 3 fully saturated rings. The van der Waals surface area contributed by atoms with Crippen LogP contribution >= 0.6 is 0 Å². The topological polar surface area (TPSA) is 126 Å². The van der Waals surface area contributed by atoms with E-state index in [1.54, 1.807) is 12.3 Å². The Labute approximate surface area is 202 Å². The highest BCUT2D eigenvalue weighted by Gasteiger charge is 2.42. The van der Waals surface area contributed by atoms with Crippen molar-refractivity contribution in [2.24, 2.45) is 17.8 Å². The fourth-order valence-electron chi connectivity index (χ4n) is 6.47. The molecule has 6 rings (SSSR count). The van der Waals surface area contributed by atoms with Crippen LogP contribution in [0.3, 0.4) is 0 Å². The molecule has 35 heavy (non-hydrogen) atoms. The summed E-state index contributed by atoms with van der Waals surface area (Å²) in [5.41, 5.74) is 2.13. The van der Waals surface area contributed by atoms with E-state index in [9.17, 15) is 19.2 Å². The maximum Gasteiger partial charge on any atom is 0.273 e. The van der Waals surface area contributed by atoms with Gasteiger partial charge in [0.2, 0.25) is 11.8 Å². The molecule has 1 aromatic carbocycles. The highest BCUT2D eigenvalue weighted by atomic mass is 16.2. The number of rotatable bonds is 5. The SMILES string of the molecule is CC(NC(=O)c1cn(-c2ccc3c(c2)C(=O)N(C2CCC(=O)NC2=O)C3)nn1)C1CC2CCC1C2. The number of aromatic nitrogens is 3. The molecule has 0 spiro atoms. The Hall–Kier alpha value is -3.56. The molecular weight excluding hydrogens is 448 g/mol. The summed E-state index contributed by atoms with van der Waals surface area (Å²) in [7, 11) is 0. The van der Waals surface area contributed by atoms with E-state index in [-0.39, 0.29) is 35.9 Å². The number of carbonyl (C=O) groups excluding carboxylic acids is 4. The van der Waals surface area contributed by atoms with Gasteiger partial charge < -0.3 is 10.2 Å². The first kappa shape index (κ1) is 21.9. The van der Waals surface area contributed by atoms with Crippen LogP contribution in [0, 0.1) is 17.8 Å². The van der Waals surface area contributed by atoms with Gasteiger partial charge in [-0.05, 0) is 68.1 Å². The summed E-state index contributed by atoms with van der Waals surface area (Å²) in [6.45, 7) is 2.39. The smallest absolute Gasteiger partial charge is 0.273 e. The predicted molar refractivity (Wildman–Crippen MR) is 123 cm³/mol. The van der Waals surface area contributed by atoms with Crippen LogP contribution < -0.4 is 10.6 Å². The van der Waals surface area contributed by atoms with E-state index in [0.29, 0.717) is 30.1 Å². The third kappa shape index (κ3) is 3.81. The van der Waals surface area contributed by atoms with Crippen LogP contribution in [0.4, 0.5) is 0 Å². The number of nitrogens with zero attached hydrogens (tertiary/aromatic N) is 4. The van der Waals surface area contributed by atoms with Gasteiger partial charge in [-0.25, -0.2) is 4.68 Å². The molecular formula is C25H28N6O4. The molecule has 1 aromatic heterocycles. The second-order valence-electron chi connectivity index (χ2n) is 10.4. The molecule has 182 valence electrons. The Morgan fingerprint density at radius 1 is 1.17 bits per heavy atom. The number of amides is 4. The first-order chi connectivity index (χ1) is 16.9. The second kappa shape index (κ2) is 8.28. The first-order valence-corrected chi connectivity index (χ1v) is 12.4. The lowest BCUT2D eigenvalue weighted by Crippen LogP contribution is -2.52. The molecule has 2 aliphatic heterocycles. The van der Waals surface area contributed by atoms with Crippen molar-refractivity contribution in [3.63, 3.8) is 0 Å². The molecule has 1 saturated heterocycles. The average Bonchev–Trinajstić information content (AvgIpc) is 3.63. The molecule has 2 N–H and O–H groups in total. The van der Waals surface area contributed by atoms with E-state index in [0.717, 1.165) is 17.4 Å². The van der Waals surface area contributed by atoms with E-state index in [1.165, 1.54) is 35.3 Å². The minimum Gasteiger partial charge on any atom is -0.348 e. The summed E-state index contributed by atoms with van der Waals surface area (Å²) in [6, 6.07) is 4.78. The van der Waals surface area contributed by atoms with Gasteiger partial charge in [0.1, 0.15) is 6.04 Å². The number of hydrogen-bond donors (Lipinski definition) is 2. The molecule has 0 radical (unpaired) electrons. The van der Waals surface area contributed by atoms with Crippen molar-refractivity contribution in [2.75, 3.05) is 0 Å². The Kier molecular flexibility index (Phi) is 5.19. The Morgan fingerprint density at radius 2 is 2.03 bits per heavy atom.